The number of halogens is 3. The molecule has 0 saturated carbocycles. The normalized spacial score (nSPS) is 17.0. The number of piperazine rings is 1. The lowest BCUT2D eigenvalue weighted by atomic mass is 10.1. The monoisotopic (exact) mass is 303 g/mol. The van der Waals surface area contributed by atoms with Crippen molar-refractivity contribution in [3.63, 3.8) is 0 Å². The summed E-state index contributed by atoms with van der Waals surface area (Å²) in [7, 11) is 0. The lowest BCUT2D eigenvalue weighted by Crippen LogP contribution is -2.49. The number of carboxylic acids is 1. The molecule has 0 bridgehead atoms. The van der Waals surface area contributed by atoms with Crippen LogP contribution in [-0.4, -0.2) is 54.9 Å². The van der Waals surface area contributed by atoms with Crippen LogP contribution in [-0.2, 0) is 0 Å². The highest BCUT2D eigenvalue weighted by molar-refractivity contribution is 5.95. The van der Waals surface area contributed by atoms with Crippen LogP contribution >= 0.6 is 0 Å². The molecule has 1 aliphatic heterocycles. The molecule has 0 aliphatic carbocycles. The summed E-state index contributed by atoms with van der Waals surface area (Å²) in [5.74, 6) is -1.08. The fourth-order valence-corrected chi connectivity index (χ4v) is 2.39. The van der Waals surface area contributed by atoms with E-state index in [2.05, 4.69) is 0 Å². The van der Waals surface area contributed by atoms with Crippen LogP contribution in [0.5, 0.6) is 0 Å². The molecule has 0 atom stereocenters. The summed E-state index contributed by atoms with van der Waals surface area (Å²) in [6, 6.07) is 4.45. The molecule has 116 valence electrons. The number of alkyl halides is 3. The van der Waals surface area contributed by atoms with Crippen LogP contribution < -0.4 is 10.6 Å². The first kappa shape index (κ1) is 15.4. The first-order valence-corrected chi connectivity index (χ1v) is 6.43. The Labute approximate surface area is 119 Å². The van der Waals surface area contributed by atoms with E-state index < -0.39 is 18.7 Å². The number of carbonyl (C=O) groups is 1. The standard InChI is InChI=1S/C13H16F3N3O2/c14-13(15,16)8-18-3-5-19(6-4-18)11-7-9(17)1-2-10(11)12(20)21/h1-2,7H,3-6,8,17H2,(H,20,21). The van der Waals surface area contributed by atoms with E-state index in [0.717, 1.165) is 0 Å². The maximum atomic E-state index is 12.3. The quantitative estimate of drug-likeness (QED) is 0.831. The van der Waals surface area contributed by atoms with Gasteiger partial charge in [-0.3, -0.25) is 4.90 Å². The number of anilines is 2. The van der Waals surface area contributed by atoms with Crippen molar-refractivity contribution in [2.75, 3.05) is 43.4 Å². The van der Waals surface area contributed by atoms with Crippen molar-refractivity contribution in [2.24, 2.45) is 0 Å². The predicted molar refractivity (Wildman–Crippen MR) is 72.5 cm³/mol. The Kier molecular flexibility index (Phi) is 4.26. The maximum Gasteiger partial charge on any atom is 0.401 e. The van der Waals surface area contributed by atoms with E-state index in [1.807, 2.05) is 0 Å². The van der Waals surface area contributed by atoms with E-state index in [9.17, 15) is 18.0 Å². The van der Waals surface area contributed by atoms with Gasteiger partial charge in [0.2, 0.25) is 0 Å². The molecular formula is C13H16F3N3O2. The van der Waals surface area contributed by atoms with Gasteiger partial charge in [-0.25, -0.2) is 4.79 Å². The third-order valence-electron chi connectivity index (χ3n) is 3.37. The highest BCUT2D eigenvalue weighted by Gasteiger charge is 2.32. The molecule has 1 aromatic rings. The summed E-state index contributed by atoms with van der Waals surface area (Å²) in [6.07, 6.45) is -4.22. The number of hydrogen-bond donors (Lipinski definition) is 2. The van der Waals surface area contributed by atoms with Crippen LogP contribution in [0, 0.1) is 0 Å². The van der Waals surface area contributed by atoms with Crippen molar-refractivity contribution in [2.45, 2.75) is 6.18 Å². The van der Waals surface area contributed by atoms with Crippen molar-refractivity contribution in [3.8, 4) is 0 Å². The average Bonchev–Trinajstić information content (AvgIpc) is 2.37. The van der Waals surface area contributed by atoms with Crippen LogP contribution in [0.15, 0.2) is 18.2 Å². The molecule has 1 saturated heterocycles. The summed E-state index contributed by atoms with van der Waals surface area (Å²) in [5.41, 5.74) is 6.65. The topological polar surface area (TPSA) is 69.8 Å². The molecule has 1 aromatic carbocycles. The molecule has 2 rings (SSSR count). The summed E-state index contributed by atoms with van der Waals surface area (Å²) < 4.78 is 37.0. The van der Waals surface area contributed by atoms with Crippen LogP contribution in [0.4, 0.5) is 24.5 Å². The average molecular weight is 303 g/mol. The fraction of sp³-hybridized carbons (Fsp3) is 0.462. The van der Waals surface area contributed by atoms with Crippen molar-refractivity contribution in [3.05, 3.63) is 23.8 Å². The Morgan fingerprint density at radius 1 is 1.24 bits per heavy atom. The first-order chi connectivity index (χ1) is 9.76. The molecule has 5 nitrogen and oxygen atoms in total. The van der Waals surface area contributed by atoms with Crippen molar-refractivity contribution in [1.29, 1.82) is 0 Å². The summed E-state index contributed by atoms with van der Waals surface area (Å²) in [6.45, 7) is 0.184. The van der Waals surface area contributed by atoms with Gasteiger partial charge in [-0.05, 0) is 18.2 Å². The fourth-order valence-electron chi connectivity index (χ4n) is 2.39. The van der Waals surface area contributed by atoms with Gasteiger partial charge in [-0.2, -0.15) is 13.2 Å². The lowest BCUT2D eigenvalue weighted by Gasteiger charge is -2.36. The van der Waals surface area contributed by atoms with E-state index in [-0.39, 0.29) is 18.7 Å². The highest BCUT2D eigenvalue weighted by atomic mass is 19.4. The van der Waals surface area contributed by atoms with E-state index in [4.69, 9.17) is 10.8 Å². The second-order valence-electron chi connectivity index (χ2n) is 4.96. The number of carboxylic acid groups (broad SMARTS) is 1. The second kappa shape index (κ2) is 5.80. The third kappa shape index (κ3) is 4.01. The van der Waals surface area contributed by atoms with E-state index in [1.165, 1.54) is 17.0 Å². The molecule has 1 fully saturated rings. The van der Waals surface area contributed by atoms with Crippen LogP contribution in [0.1, 0.15) is 10.4 Å². The van der Waals surface area contributed by atoms with Gasteiger partial charge in [0.1, 0.15) is 0 Å². The SMILES string of the molecule is Nc1ccc(C(=O)O)c(N2CCN(CC(F)(F)F)CC2)c1. The van der Waals surface area contributed by atoms with Crippen LogP contribution in [0.25, 0.3) is 0 Å². The summed E-state index contributed by atoms with van der Waals surface area (Å²) in [4.78, 5) is 14.3. The van der Waals surface area contributed by atoms with Crippen LogP contribution in [0.2, 0.25) is 0 Å². The second-order valence-corrected chi connectivity index (χ2v) is 4.96. The molecule has 3 N–H and O–H groups in total. The summed E-state index contributed by atoms with van der Waals surface area (Å²) in [5, 5.41) is 9.17. The maximum absolute atomic E-state index is 12.3. The van der Waals surface area contributed by atoms with E-state index in [1.54, 1.807) is 11.0 Å². The predicted octanol–water partition coefficient (Wildman–Crippen LogP) is 1.65. The van der Waals surface area contributed by atoms with Gasteiger partial charge in [0.25, 0.3) is 0 Å². The Hall–Kier alpha value is -1.96. The molecule has 0 radical (unpaired) electrons. The lowest BCUT2D eigenvalue weighted by molar-refractivity contribution is -0.146. The number of benzene rings is 1. The van der Waals surface area contributed by atoms with E-state index in [0.29, 0.717) is 24.5 Å². The van der Waals surface area contributed by atoms with Crippen molar-refractivity contribution >= 4 is 17.3 Å². The minimum Gasteiger partial charge on any atom is -0.478 e. The van der Waals surface area contributed by atoms with Gasteiger partial charge < -0.3 is 15.7 Å². The largest absolute Gasteiger partial charge is 0.478 e. The Bertz CT molecular complexity index is 526. The highest BCUT2D eigenvalue weighted by Crippen LogP contribution is 2.26. The molecule has 1 aliphatic rings. The minimum atomic E-state index is -4.22. The third-order valence-corrected chi connectivity index (χ3v) is 3.37. The molecule has 0 amide bonds. The number of hydrogen-bond acceptors (Lipinski definition) is 4. The number of nitrogens with zero attached hydrogens (tertiary/aromatic N) is 2. The number of nitrogen functional groups attached to an aromatic ring is 1. The van der Waals surface area contributed by atoms with E-state index >= 15 is 0 Å². The smallest absolute Gasteiger partial charge is 0.401 e. The zero-order valence-electron chi connectivity index (χ0n) is 11.2. The Morgan fingerprint density at radius 2 is 1.86 bits per heavy atom. The molecule has 0 spiro atoms. The number of rotatable bonds is 3. The summed E-state index contributed by atoms with van der Waals surface area (Å²) >= 11 is 0. The zero-order chi connectivity index (χ0) is 15.6. The first-order valence-electron chi connectivity index (χ1n) is 6.43. The zero-order valence-corrected chi connectivity index (χ0v) is 11.2. The van der Waals surface area contributed by atoms with Gasteiger partial charge in [0, 0.05) is 31.9 Å². The molecule has 0 aromatic heterocycles. The van der Waals surface area contributed by atoms with Gasteiger partial charge in [0.05, 0.1) is 17.8 Å². The van der Waals surface area contributed by atoms with Crippen LogP contribution in [0.3, 0.4) is 0 Å². The van der Waals surface area contributed by atoms with Gasteiger partial charge >= 0.3 is 12.1 Å². The molecule has 21 heavy (non-hydrogen) atoms. The minimum absolute atomic E-state index is 0.105. The molecule has 1 heterocycles. The Morgan fingerprint density at radius 3 is 2.38 bits per heavy atom. The van der Waals surface area contributed by atoms with Gasteiger partial charge in [-0.1, -0.05) is 0 Å². The van der Waals surface area contributed by atoms with Crippen molar-refractivity contribution in [1.82, 2.24) is 4.90 Å². The Balaban J connectivity index is 2.09. The number of nitrogens with two attached hydrogens (primary N) is 1. The number of aromatic carboxylic acids is 1. The van der Waals surface area contributed by atoms with Gasteiger partial charge in [-0.15, -0.1) is 0 Å². The molecule has 0 unspecified atom stereocenters. The molecule has 8 heteroatoms. The molecular weight excluding hydrogens is 287 g/mol. The van der Waals surface area contributed by atoms with Gasteiger partial charge in [0.15, 0.2) is 0 Å². The van der Waals surface area contributed by atoms with Crippen molar-refractivity contribution < 1.29 is 23.1 Å².